The molecule has 1 amide bonds. The summed E-state index contributed by atoms with van der Waals surface area (Å²) < 4.78 is 0. The number of hydrogen-bond acceptors (Lipinski definition) is 6. The Morgan fingerprint density at radius 2 is 1.86 bits per heavy atom. The van der Waals surface area contributed by atoms with Crippen LogP contribution in [0.4, 0.5) is 17.1 Å². The van der Waals surface area contributed by atoms with Crippen LogP contribution >= 0.6 is 0 Å². The number of aromatic amines is 1. The van der Waals surface area contributed by atoms with E-state index in [9.17, 15) is 9.59 Å². The van der Waals surface area contributed by atoms with Gasteiger partial charge in [0.2, 0.25) is 0 Å². The van der Waals surface area contributed by atoms with Crippen molar-refractivity contribution in [3.05, 3.63) is 70.9 Å². The highest BCUT2D eigenvalue weighted by Crippen LogP contribution is 2.28. The molecule has 4 heterocycles. The van der Waals surface area contributed by atoms with E-state index in [2.05, 4.69) is 30.4 Å². The van der Waals surface area contributed by atoms with Gasteiger partial charge in [-0.05, 0) is 75.2 Å². The topological polar surface area (TPSA) is 93.4 Å². The van der Waals surface area contributed by atoms with Gasteiger partial charge in [0, 0.05) is 67.1 Å². The van der Waals surface area contributed by atoms with E-state index in [-0.39, 0.29) is 17.2 Å². The Labute approximate surface area is 205 Å². The molecule has 8 heteroatoms. The van der Waals surface area contributed by atoms with Gasteiger partial charge in [-0.1, -0.05) is 0 Å². The largest absolute Gasteiger partial charge is 0.387 e. The second kappa shape index (κ2) is 10.3. The molecule has 0 bridgehead atoms. The van der Waals surface area contributed by atoms with Crippen molar-refractivity contribution in [2.24, 2.45) is 0 Å². The number of H-pyrrole nitrogens is 1. The first-order valence-electron chi connectivity index (χ1n) is 12.4. The van der Waals surface area contributed by atoms with Crippen molar-refractivity contribution in [1.82, 2.24) is 14.9 Å². The molecule has 2 fully saturated rings. The van der Waals surface area contributed by atoms with Crippen molar-refractivity contribution < 1.29 is 4.79 Å². The maximum atomic E-state index is 12.9. The molecule has 2 aliphatic heterocycles. The number of likely N-dealkylation sites (tertiary alicyclic amines) is 1. The normalized spacial score (nSPS) is 18.1. The Kier molecular flexibility index (Phi) is 6.81. The molecule has 0 spiro atoms. The third kappa shape index (κ3) is 5.22. The number of carbonyl (C=O) groups excluding carboxylic acids is 1. The number of hydrogen-bond donors (Lipinski definition) is 3. The SMILES string of the molecule is CNc1cncc(-c2c[nH]c(=O)c(NC(=O)c3ccc(N4CCC[C@H]4CN4CCCC4)cc3)c2)c1. The van der Waals surface area contributed by atoms with Gasteiger partial charge in [0.25, 0.3) is 11.5 Å². The van der Waals surface area contributed by atoms with Gasteiger partial charge in [-0.2, -0.15) is 0 Å². The number of pyridine rings is 2. The minimum Gasteiger partial charge on any atom is -0.387 e. The number of benzene rings is 1. The molecule has 8 nitrogen and oxygen atoms in total. The molecule has 1 atom stereocenters. The Morgan fingerprint density at radius 3 is 2.63 bits per heavy atom. The lowest BCUT2D eigenvalue weighted by molar-refractivity contribution is 0.102. The molecule has 3 N–H and O–H groups in total. The van der Waals surface area contributed by atoms with Gasteiger partial charge in [-0.3, -0.25) is 14.6 Å². The van der Waals surface area contributed by atoms with Crippen LogP contribution in [0.25, 0.3) is 11.1 Å². The number of aromatic nitrogens is 2. The number of carbonyl (C=O) groups is 1. The molecule has 2 aromatic heterocycles. The third-order valence-corrected chi connectivity index (χ3v) is 7.02. The lowest BCUT2D eigenvalue weighted by Crippen LogP contribution is -2.39. The summed E-state index contributed by atoms with van der Waals surface area (Å²) in [7, 11) is 1.82. The predicted molar refractivity (Wildman–Crippen MR) is 140 cm³/mol. The van der Waals surface area contributed by atoms with Gasteiger partial charge in [0.15, 0.2) is 0 Å². The van der Waals surface area contributed by atoms with Crippen LogP contribution in [0.2, 0.25) is 0 Å². The first-order valence-corrected chi connectivity index (χ1v) is 12.4. The second-order valence-corrected chi connectivity index (χ2v) is 9.34. The first-order chi connectivity index (χ1) is 17.1. The highest BCUT2D eigenvalue weighted by molar-refractivity contribution is 6.04. The van der Waals surface area contributed by atoms with E-state index in [1.165, 1.54) is 38.8 Å². The van der Waals surface area contributed by atoms with Gasteiger partial charge < -0.3 is 25.4 Å². The highest BCUT2D eigenvalue weighted by atomic mass is 16.2. The van der Waals surface area contributed by atoms with Crippen LogP contribution in [-0.2, 0) is 0 Å². The minimum atomic E-state index is -0.349. The first kappa shape index (κ1) is 23.1. The minimum absolute atomic E-state index is 0.205. The molecule has 35 heavy (non-hydrogen) atoms. The molecule has 1 aromatic carbocycles. The van der Waals surface area contributed by atoms with E-state index in [4.69, 9.17) is 0 Å². The lowest BCUT2D eigenvalue weighted by atomic mass is 10.1. The van der Waals surface area contributed by atoms with E-state index in [1.54, 1.807) is 24.7 Å². The average Bonchev–Trinajstić information content (AvgIpc) is 3.58. The van der Waals surface area contributed by atoms with Gasteiger partial charge in [-0.15, -0.1) is 0 Å². The van der Waals surface area contributed by atoms with Crippen LogP contribution in [-0.4, -0.2) is 60.0 Å². The summed E-state index contributed by atoms with van der Waals surface area (Å²) in [5, 5.41) is 5.82. The summed E-state index contributed by atoms with van der Waals surface area (Å²) >= 11 is 0. The Bertz CT molecular complexity index is 1230. The zero-order valence-corrected chi connectivity index (χ0v) is 20.1. The van der Waals surface area contributed by atoms with Crippen LogP contribution in [0.15, 0.2) is 59.8 Å². The zero-order chi connectivity index (χ0) is 24.2. The summed E-state index contributed by atoms with van der Waals surface area (Å²) in [5.74, 6) is -0.309. The maximum Gasteiger partial charge on any atom is 0.271 e. The molecule has 2 aliphatic rings. The second-order valence-electron chi connectivity index (χ2n) is 9.34. The van der Waals surface area contributed by atoms with Crippen LogP contribution in [0.3, 0.4) is 0 Å². The van der Waals surface area contributed by atoms with Gasteiger partial charge in [-0.25, -0.2) is 0 Å². The number of anilines is 3. The van der Waals surface area contributed by atoms with Crippen LogP contribution in [0.5, 0.6) is 0 Å². The molecule has 2 saturated heterocycles. The van der Waals surface area contributed by atoms with Gasteiger partial charge in [0.05, 0.1) is 5.69 Å². The number of nitrogens with one attached hydrogen (secondary N) is 3. The Balaban J connectivity index is 1.28. The quantitative estimate of drug-likeness (QED) is 0.484. The summed E-state index contributed by atoms with van der Waals surface area (Å²) in [4.78, 5) is 37.3. The Hall–Kier alpha value is -3.65. The molecule has 182 valence electrons. The Morgan fingerprint density at radius 1 is 1.06 bits per heavy atom. The summed E-state index contributed by atoms with van der Waals surface area (Å²) in [6.45, 7) is 4.59. The smallest absolute Gasteiger partial charge is 0.271 e. The molecule has 0 aliphatic carbocycles. The predicted octanol–water partition coefficient (Wildman–Crippen LogP) is 3.80. The fraction of sp³-hybridized carbons (Fsp3) is 0.370. The molecular weight excluding hydrogens is 440 g/mol. The number of rotatable bonds is 7. The fourth-order valence-corrected chi connectivity index (χ4v) is 5.11. The third-order valence-electron chi connectivity index (χ3n) is 7.02. The van der Waals surface area contributed by atoms with Gasteiger partial charge in [0.1, 0.15) is 5.69 Å². The summed E-state index contributed by atoms with van der Waals surface area (Å²) in [5.41, 5.74) is 3.99. The van der Waals surface area contributed by atoms with Crippen LogP contribution in [0, 0.1) is 0 Å². The molecule has 5 rings (SSSR count). The standard InChI is InChI=1S/C27H32N6O2/c1-28-22-13-20(15-29-17-22)21-14-25(27(35)30-16-21)31-26(34)19-6-8-23(9-7-19)33-12-4-5-24(33)18-32-10-2-3-11-32/h6-9,13-17,24,28H,2-5,10-12,18H2,1H3,(H,30,35)(H,31,34)/t24-/m0/s1. The van der Waals surface area contributed by atoms with Crippen molar-refractivity contribution in [3.8, 4) is 11.1 Å². The van der Waals surface area contributed by atoms with Crippen molar-refractivity contribution in [2.45, 2.75) is 31.7 Å². The van der Waals surface area contributed by atoms with Crippen LogP contribution < -0.4 is 21.1 Å². The average molecular weight is 473 g/mol. The van der Waals surface area contributed by atoms with Crippen molar-refractivity contribution >= 4 is 23.0 Å². The van der Waals surface area contributed by atoms with E-state index in [1.807, 2.05) is 37.4 Å². The number of amides is 1. The molecule has 3 aromatic rings. The maximum absolute atomic E-state index is 12.9. The van der Waals surface area contributed by atoms with Crippen molar-refractivity contribution in [2.75, 3.05) is 48.8 Å². The number of nitrogens with zero attached hydrogens (tertiary/aromatic N) is 3. The molecular formula is C27H32N6O2. The van der Waals surface area contributed by atoms with E-state index in [0.29, 0.717) is 11.6 Å². The van der Waals surface area contributed by atoms with Crippen LogP contribution in [0.1, 0.15) is 36.0 Å². The molecule has 0 saturated carbocycles. The van der Waals surface area contributed by atoms with E-state index < -0.39 is 0 Å². The highest BCUT2D eigenvalue weighted by Gasteiger charge is 2.27. The van der Waals surface area contributed by atoms with E-state index >= 15 is 0 Å². The zero-order valence-electron chi connectivity index (χ0n) is 20.1. The summed E-state index contributed by atoms with van der Waals surface area (Å²) in [6.07, 6.45) is 10.1. The van der Waals surface area contributed by atoms with E-state index in [0.717, 1.165) is 35.6 Å². The monoisotopic (exact) mass is 472 g/mol. The summed E-state index contributed by atoms with van der Waals surface area (Å²) in [6, 6.07) is 11.9. The molecule has 0 radical (unpaired) electrons. The fourth-order valence-electron chi connectivity index (χ4n) is 5.11. The molecule has 0 unspecified atom stereocenters. The van der Waals surface area contributed by atoms with Crippen molar-refractivity contribution in [1.29, 1.82) is 0 Å². The van der Waals surface area contributed by atoms with Crippen molar-refractivity contribution in [3.63, 3.8) is 0 Å². The van der Waals surface area contributed by atoms with Gasteiger partial charge >= 0.3 is 0 Å². The lowest BCUT2D eigenvalue weighted by Gasteiger charge is -2.30.